The van der Waals surface area contributed by atoms with E-state index in [1.165, 1.54) is 18.2 Å². The highest BCUT2D eigenvalue weighted by Crippen LogP contribution is 2.34. The van der Waals surface area contributed by atoms with Crippen molar-refractivity contribution in [1.29, 1.82) is 0 Å². The standard InChI is InChI=1S/C29H29FN4O4/c1-17-25(15-23-22-14-20(30)8-9-24(22)33-27(23)35)31-18(2)26(17)28(36)32-21-10-12-34(13-11-21)29(37)38-16-19-6-4-3-5-7-19/h3-9,14-15,21,31H,10-13,16H2,1-2H3,(H,32,36)(H,33,35)/b23-15-. The Morgan fingerprint density at radius 2 is 1.87 bits per heavy atom. The van der Waals surface area contributed by atoms with Crippen molar-refractivity contribution >= 4 is 35.2 Å². The molecule has 38 heavy (non-hydrogen) atoms. The molecule has 0 spiro atoms. The van der Waals surface area contributed by atoms with Crippen molar-refractivity contribution in [3.63, 3.8) is 0 Å². The molecule has 0 radical (unpaired) electrons. The first-order chi connectivity index (χ1) is 18.3. The Bertz CT molecular complexity index is 1420. The molecule has 0 saturated carbocycles. The van der Waals surface area contributed by atoms with Gasteiger partial charge in [-0.15, -0.1) is 0 Å². The summed E-state index contributed by atoms with van der Waals surface area (Å²) in [6.45, 7) is 4.83. The number of aromatic amines is 1. The molecule has 0 aliphatic carbocycles. The summed E-state index contributed by atoms with van der Waals surface area (Å²) in [7, 11) is 0. The number of benzene rings is 2. The van der Waals surface area contributed by atoms with Crippen LogP contribution in [0.2, 0.25) is 0 Å². The first-order valence-corrected chi connectivity index (χ1v) is 12.6. The number of rotatable bonds is 5. The van der Waals surface area contributed by atoms with Gasteiger partial charge in [0.15, 0.2) is 0 Å². The maximum Gasteiger partial charge on any atom is 0.410 e. The average molecular weight is 517 g/mol. The van der Waals surface area contributed by atoms with Crippen LogP contribution in [0.15, 0.2) is 48.5 Å². The van der Waals surface area contributed by atoms with Crippen molar-refractivity contribution in [2.75, 3.05) is 18.4 Å². The van der Waals surface area contributed by atoms with Crippen LogP contribution >= 0.6 is 0 Å². The molecule has 0 bridgehead atoms. The van der Waals surface area contributed by atoms with E-state index >= 15 is 0 Å². The molecule has 3 amide bonds. The number of hydrogen-bond acceptors (Lipinski definition) is 4. The summed E-state index contributed by atoms with van der Waals surface area (Å²) in [5.74, 6) is -0.966. The number of nitrogens with one attached hydrogen (secondary N) is 3. The van der Waals surface area contributed by atoms with E-state index in [0.29, 0.717) is 65.3 Å². The molecular formula is C29H29FN4O4. The number of nitrogens with zero attached hydrogens (tertiary/aromatic N) is 1. The van der Waals surface area contributed by atoms with Gasteiger partial charge in [0, 0.05) is 41.8 Å². The molecule has 8 nitrogen and oxygen atoms in total. The minimum Gasteiger partial charge on any atom is -0.445 e. The molecule has 1 fully saturated rings. The van der Waals surface area contributed by atoms with Crippen molar-refractivity contribution in [2.45, 2.75) is 39.3 Å². The van der Waals surface area contributed by atoms with Gasteiger partial charge in [-0.2, -0.15) is 0 Å². The van der Waals surface area contributed by atoms with E-state index in [0.717, 1.165) is 5.56 Å². The third kappa shape index (κ3) is 5.18. The fraction of sp³-hybridized carbons (Fsp3) is 0.276. The molecule has 3 aromatic rings. The van der Waals surface area contributed by atoms with Crippen molar-refractivity contribution in [3.8, 4) is 0 Å². The summed E-state index contributed by atoms with van der Waals surface area (Å²) < 4.78 is 19.2. The van der Waals surface area contributed by atoms with Gasteiger partial charge in [-0.05, 0) is 62.1 Å². The van der Waals surface area contributed by atoms with Gasteiger partial charge in [0.1, 0.15) is 12.4 Å². The molecule has 2 aliphatic heterocycles. The third-order valence-corrected chi connectivity index (χ3v) is 7.05. The second kappa shape index (κ2) is 10.5. The normalized spacial score (nSPS) is 16.3. The van der Waals surface area contributed by atoms with E-state index in [2.05, 4.69) is 15.6 Å². The van der Waals surface area contributed by atoms with E-state index in [1.54, 1.807) is 17.9 Å². The van der Waals surface area contributed by atoms with Crippen LogP contribution in [0.3, 0.4) is 0 Å². The number of hydrogen-bond donors (Lipinski definition) is 3. The van der Waals surface area contributed by atoms with Gasteiger partial charge < -0.3 is 25.3 Å². The van der Waals surface area contributed by atoms with Crippen LogP contribution in [0.1, 0.15) is 51.3 Å². The molecule has 2 aliphatic rings. The molecule has 5 rings (SSSR count). The first kappa shape index (κ1) is 25.3. The second-order valence-electron chi connectivity index (χ2n) is 9.64. The van der Waals surface area contributed by atoms with Crippen molar-refractivity contribution in [3.05, 3.63) is 88.0 Å². The lowest BCUT2D eigenvalue weighted by Crippen LogP contribution is -2.46. The van der Waals surface area contributed by atoms with E-state index in [1.807, 2.05) is 37.3 Å². The van der Waals surface area contributed by atoms with E-state index in [4.69, 9.17) is 4.74 Å². The molecule has 0 unspecified atom stereocenters. The predicted octanol–water partition coefficient (Wildman–Crippen LogP) is 4.79. The molecule has 1 aromatic heterocycles. The summed E-state index contributed by atoms with van der Waals surface area (Å²) in [5, 5.41) is 5.82. The van der Waals surface area contributed by atoms with Gasteiger partial charge in [0.05, 0.1) is 11.1 Å². The number of carbonyl (C=O) groups excluding carboxylic acids is 3. The highest BCUT2D eigenvalue weighted by atomic mass is 19.1. The lowest BCUT2D eigenvalue weighted by molar-refractivity contribution is -0.110. The Morgan fingerprint density at radius 1 is 1.13 bits per heavy atom. The van der Waals surface area contributed by atoms with Crippen LogP contribution in [-0.4, -0.2) is 46.9 Å². The second-order valence-corrected chi connectivity index (χ2v) is 9.64. The highest BCUT2D eigenvalue weighted by molar-refractivity contribution is 6.34. The van der Waals surface area contributed by atoms with Gasteiger partial charge in [-0.3, -0.25) is 9.59 Å². The summed E-state index contributed by atoms with van der Waals surface area (Å²) in [4.78, 5) is 43.0. The van der Waals surface area contributed by atoms with Gasteiger partial charge in [0.25, 0.3) is 11.8 Å². The fourth-order valence-corrected chi connectivity index (χ4v) is 4.98. The molecular weight excluding hydrogens is 487 g/mol. The lowest BCUT2D eigenvalue weighted by atomic mass is 10.0. The lowest BCUT2D eigenvalue weighted by Gasteiger charge is -2.31. The Labute approximate surface area is 219 Å². The minimum atomic E-state index is -0.430. The summed E-state index contributed by atoms with van der Waals surface area (Å²) in [6, 6.07) is 13.6. The fourth-order valence-electron chi connectivity index (χ4n) is 4.98. The summed E-state index contributed by atoms with van der Waals surface area (Å²) >= 11 is 0. The molecule has 1 saturated heterocycles. The Morgan fingerprint density at radius 3 is 2.61 bits per heavy atom. The van der Waals surface area contributed by atoms with Crippen molar-refractivity contribution in [2.24, 2.45) is 0 Å². The number of aryl methyl sites for hydroxylation is 1. The molecule has 3 N–H and O–H groups in total. The Hall–Kier alpha value is -4.40. The smallest absolute Gasteiger partial charge is 0.410 e. The van der Waals surface area contributed by atoms with Crippen LogP contribution in [0.25, 0.3) is 11.6 Å². The highest BCUT2D eigenvalue weighted by Gasteiger charge is 2.28. The Balaban J connectivity index is 1.21. The first-order valence-electron chi connectivity index (χ1n) is 12.6. The molecule has 0 atom stereocenters. The Kier molecular flexibility index (Phi) is 7.00. The van der Waals surface area contributed by atoms with Crippen molar-refractivity contribution < 1.29 is 23.5 Å². The monoisotopic (exact) mass is 516 g/mol. The number of H-pyrrole nitrogens is 1. The van der Waals surface area contributed by atoms with Gasteiger partial charge in [-0.25, -0.2) is 9.18 Å². The number of carbonyl (C=O) groups is 3. The zero-order valence-corrected chi connectivity index (χ0v) is 21.3. The van der Waals surface area contributed by atoms with Crippen LogP contribution < -0.4 is 10.6 Å². The van der Waals surface area contributed by atoms with Crippen LogP contribution in [-0.2, 0) is 16.1 Å². The van der Waals surface area contributed by atoms with Crippen LogP contribution in [0.4, 0.5) is 14.9 Å². The third-order valence-electron chi connectivity index (χ3n) is 7.05. The number of aromatic nitrogens is 1. The maximum atomic E-state index is 13.8. The van der Waals surface area contributed by atoms with Crippen LogP contribution in [0, 0.1) is 19.7 Å². The minimum absolute atomic E-state index is 0.0772. The van der Waals surface area contributed by atoms with E-state index in [-0.39, 0.29) is 30.6 Å². The predicted molar refractivity (Wildman–Crippen MR) is 142 cm³/mol. The number of halogens is 1. The molecule has 3 heterocycles. The van der Waals surface area contributed by atoms with Gasteiger partial charge in [0.2, 0.25) is 0 Å². The number of ether oxygens (including phenoxy) is 1. The van der Waals surface area contributed by atoms with E-state index in [9.17, 15) is 18.8 Å². The van der Waals surface area contributed by atoms with E-state index < -0.39 is 5.82 Å². The quantitative estimate of drug-likeness (QED) is 0.424. The summed E-state index contributed by atoms with van der Waals surface area (Å²) in [6.07, 6.45) is 2.53. The zero-order valence-electron chi connectivity index (χ0n) is 21.3. The molecule has 9 heteroatoms. The number of fused-ring (bicyclic) bond motifs is 1. The topological polar surface area (TPSA) is 104 Å². The molecule has 2 aromatic carbocycles. The number of piperidine rings is 1. The van der Waals surface area contributed by atoms with Gasteiger partial charge >= 0.3 is 6.09 Å². The zero-order chi connectivity index (χ0) is 26.8. The number of likely N-dealkylation sites (tertiary alicyclic amines) is 1. The van der Waals surface area contributed by atoms with Crippen molar-refractivity contribution in [1.82, 2.24) is 15.2 Å². The number of amides is 3. The van der Waals surface area contributed by atoms with Gasteiger partial charge in [-0.1, -0.05) is 30.3 Å². The van der Waals surface area contributed by atoms with Crippen LogP contribution in [0.5, 0.6) is 0 Å². The SMILES string of the molecule is Cc1[nH]c(/C=C2\C(=O)Nc3ccc(F)cc32)c(C)c1C(=O)NC1CCN(C(=O)OCc2ccccc2)CC1. The largest absolute Gasteiger partial charge is 0.445 e. The molecule has 196 valence electrons. The number of anilines is 1. The average Bonchev–Trinajstić information content (AvgIpc) is 3.37. The summed E-state index contributed by atoms with van der Waals surface area (Å²) in [5.41, 5.74) is 4.81. The maximum absolute atomic E-state index is 13.8.